The number of aliphatic hydroxyl groups excluding tert-OH is 1. The van der Waals surface area contributed by atoms with E-state index in [1.165, 1.54) is 20.3 Å². The minimum absolute atomic E-state index is 0.0756. The van der Waals surface area contributed by atoms with Crippen LogP contribution in [-0.2, 0) is 6.61 Å². The highest BCUT2D eigenvalue weighted by molar-refractivity contribution is 9.10. The molecule has 1 amide bonds. The number of fused-ring (bicyclic) bond motifs is 1. The van der Waals surface area contributed by atoms with Crippen molar-refractivity contribution in [2.45, 2.75) is 13.5 Å². The third kappa shape index (κ3) is 5.17. The number of hydrogen-bond donors (Lipinski definition) is 2. The van der Waals surface area contributed by atoms with E-state index in [9.17, 15) is 9.90 Å². The van der Waals surface area contributed by atoms with Gasteiger partial charge in [-0.3, -0.25) is 9.78 Å². The summed E-state index contributed by atoms with van der Waals surface area (Å²) in [6, 6.07) is 12.0. The second-order valence-corrected chi connectivity index (χ2v) is 8.79. The predicted molar refractivity (Wildman–Crippen MR) is 137 cm³/mol. The van der Waals surface area contributed by atoms with Crippen molar-refractivity contribution in [3.05, 3.63) is 80.5 Å². The van der Waals surface area contributed by atoms with Crippen LogP contribution in [-0.4, -0.2) is 30.2 Å². The Hall–Kier alpha value is -3.40. The van der Waals surface area contributed by atoms with Crippen LogP contribution in [0.3, 0.4) is 0 Å². The molecule has 35 heavy (non-hydrogen) atoms. The molecule has 4 rings (SSSR count). The number of hydrogen-bond acceptors (Lipinski definition) is 7. The van der Waals surface area contributed by atoms with E-state index < -0.39 is 5.91 Å². The fourth-order valence-electron chi connectivity index (χ4n) is 3.47. The largest absolute Gasteiger partial charge is 0.495 e. The van der Waals surface area contributed by atoms with Gasteiger partial charge < -0.3 is 24.3 Å². The highest BCUT2D eigenvalue weighted by Gasteiger charge is 2.19. The number of nitrogens with one attached hydrogen (secondary N) is 1. The Morgan fingerprint density at radius 1 is 1.20 bits per heavy atom. The molecule has 0 aliphatic carbocycles. The lowest BCUT2D eigenvalue weighted by molar-refractivity contribution is 0.102. The van der Waals surface area contributed by atoms with Crippen molar-refractivity contribution in [1.29, 1.82) is 0 Å². The molecule has 10 heteroatoms. The molecule has 2 heterocycles. The topological polar surface area (TPSA) is 106 Å². The van der Waals surface area contributed by atoms with E-state index in [-0.39, 0.29) is 17.7 Å². The van der Waals surface area contributed by atoms with Crippen LogP contribution in [0, 0.1) is 6.92 Å². The Balaban J connectivity index is 1.91. The number of ether oxygens (including phenoxy) is 2. The van der Waals surface area contributed by atoms with Crippen molar-refractivity contribution >= 4 is 55.8 Å². The van der Waals surface area contributed by atoms with Crippen molar-refractivity contribution in [2.24, 2.45) is 4.99 Å². The monoisotopic (exact) mass is 557 g/mol. The van der Waals surface area contributed by atoms with Gasteiger partial charge in [-0.15, -0.1) is 0 Å². The summed E-state index contributed by atoms with van der Waals surface area (Å²) in [5.41, 5.74) is 2.67. The summed E-state index contributed by atoms with van der Waals surface area (Å²) >= 11 is 9.70. The molecule has 0 fully saturated rings. The number of pyridine rings is 1. The van der Waals surface area contributed by atoms with Crippen LogP contribution < -0.4 is 20.3 Å². The summed E-state index contributed by atoms with van der Waals surface area (Å²) in [5.74, 6) is 0.254. The minimum atomic E-state index is -0.512. The van der Waals surface area contributed by atoms with E-state index in [1.807, 2.05) is 12.1 Å². The summed E-state index contributed by atoms with van der Waals surface area (Å²) in [4.78, 5) is 22.4. The summed E-state index contributed by atoms with van der Waals surface area (Å²) in [7, 11) is 2.96. The third-order valence-electron chi connectivity index (χ3n) is 5.23. The minimum Gasteiger partial charge on any atom is -0.495 e. The first-order valence-electron chi connectivity index (χ1n) is 10.4. The molecule has 4 aromatic rings. The second-order valence-electron chi connectivity index (χ2n) is 7.47. The van der Waals surface area contributed by atoms with E-state index in [1.54, 1.807) is 37.4 Å². The van der Waals surface area contributed by atoms with Crippen molar-refractivity contribution in [2.75, 3.05) is 19.5 Å². The van der Waals surface area contributed by atoms with Gasteiger partial charge in [0.05, 0.1) is 42.9 Å². The smallest absolute Gasteiger partial charge is 0.261 e. The highest BCUT2D eigenvalue weighted by atomic mass is 79.9. The zero-order valence-electron chi connectivity index (χ0n) is 19.1. The number of aliphatic hydroxyl groups is 1. The summed E-state index contributed by atoms with van der Waals surface area (Å²) < 4.78 is 17.5. The maximum atomic E-state index is 13.5. The molecule has 2 aromatic heterocycles. The van der Waals surface area contributed by atoms with Gasteiger partial charge in [0.15, 0.2) is 5.58 Å². The Morgan fingerprint density at radius 2 is 1.97 bits per heavy atom. The number of carbonyl (C=O) groups excluding carboxylic acids is 1. The van der Waals surface area contributed by atoms with Gasteiger partial charge in [-0.2, -0.15) is 0 Å². The summed E-state index contributed by atoms with van der Waals surface area (Å²) in [6.45, 7) is 1.50. The number of carbonyl (C=O) groups is 1. The van der Waals surface area contributed by atoms with Gasteiger partial charge in [0.2, 0.25) is 5.55 Å². The van der Waals surface area contributed by atoms with Gasteiger partial charge in [0, 0.05) is 27.7 Å². The molecule has 180 valence electrons. The van der Waals surface area contributed by atoms with E-state index in [0.29, 0.717) is 50.1 Å². The molecule has 2 N–H and O–H groups in total. The predicted octanol–water partition coefficient (Wildman–Crippen LogP) is 5.55. The van der Waals surface area contributed by atoms with Gasteiger partial charge in [-0.1, -0.05) is 33.6 Å². The van der Waals surface area contributed by atoms with Crippen LogP contribution in [0.25, 0.3) is 11.0 Å². The Kier molecular flexibility index (Phi) is 7.39. The lowest BCUT2D eigenvalue weighted by Crippen LogP contribution is -2.22. The van der Waals surface area contributed by atoms with Crippen molar-refractivity contribution in [3.63, 3.8) is 0 Å². The molecule has 0 bridgehead atoms. The fourth-order valence-corrected chi connectivity index (χ4v) is 4.10. The van der Waals surface area contributed by atoms with Crippen LogP contribution >= 0.6 is 27.5 Å². The lowest BCUT2D eigenvalue weighted by Gasteiger charge is -2.14. The molecule has 8 nitrogen and oxygen atoms in total. The maximum Gasteiger partial charge on any atom is 0.261 e. The zero-order chi connectivity index (χ0) is 25.1. The molecule has 2 aromatic carbocycles. The van der Waals surface area contributed by atoms with Gasteiger partial charge in [-0.25, -0.2) is 4.99 Å². The van der Waals surface area contributed by atoms with Crippen LogP contribution in [0.15, 0.2) is 62.5 Å². The van der Waals surface area contributed by atoms with Gasteiger partial charge in [0.25, 0.3) is 5.91 Å². The molecular formula is C25H21BrClN3O5. The number of halogens is 2. The molecule has 0 aliphatic rings. The van der Waals surface area contributed by atoms with Crippen LogP contribution in [0.4, 0.5) is 11.4 Å². The zero-order valence-corrected chi connectivity index (χ0v) is 21.4. The van der Waals surface area contributed by atoms with Gasteiger partial charge in [0.1, 0.15) is 17.1 Å². The van der Waals surface area contributed by atoms with Crippen molar-refractivity contribution in [3.8, 4) is 11.5 Å². The average molecular weight is 559 g/mol. The average Bonchev–Trinajstić information content (AvgIpc) is 2.84. The number of methoxy groups -OCH3 is 2. The highest BCUT2D eigenvalue weighted by Crippen LogP contribution is 2.36. The first kappa shape index (κ1) is 24.7. The lowest BCUT2D eigenvalue weighted by atomic mass is 10.1. The van der Waals surface area contributed by atoms with E-state index in [0.717, 1.165) is 4.47 Å². The standard InChI is InChI=1S/C25H21BrClN3O5/c1-13-23-17(14(12-31)11-28-13)8-18(25(35-23)29-16-6-4-5-15(26)7-16)24(32)30-20-9-19(27)21(33-2)10-22(20)34-3/h4-11,31H,12H2,1-3H3,(H,30,32). The Labute approximate surface area is 214 Å². The summed E-state index contributed by atoms with van der Waals surface area (Å²) in [5, 5.41) is 13.5. The number of amides is 1. The SMILES string of the molecule is COc1cc(OC)c(NC(=O)c2cc3c(CO)cnc(C)c3oc2=Nc2cccc(Br)c2)cc1Cl. The van der Waals surface area contributed by atoms with Crippen molar-refractivity contribution in [1.82, 2.24) is 4.98 Å². The number of anilines is 1. The number of aryl methyl sites for hydroxylation is 1. The fraction of sp³-hybridized carbons (Fsp3) is 0.160. The second kappa shape index (κ2) is 10.5. The third-order valence-corrected chi connectivity index (χ3v) is 6.02. The first-order chi connectivity index (χ1) is 16.8. The molecule has 0 spiro atoms. The molecule has 0 unspecified atom stereocenters. The van der Waals surface area contributed by atoms with E-state index in [4.69, 9.17) is 25.5 Å². The van der Waals surface area contributed by atoms with E-state index in [2.05, 4.69) is 31.2 Å². The van der Waals surface area contributed by atoms with Gasteiger partial charge in [-0.05, 0) is 37.3 Å². The van der Waals surface area contributed by atoms with E-state index >= 15 is 0 Å². The van der Waals surface area contributed by atoms with Crippen LogP contribution in [0.5, 0.6) is 11.5 Å². The number of nitrogens with zero attached hydrogens (tertiary/aromatic N) is 2. The van der Waals surface area contributed by atoms with Crippen LogP contribution in [0.1, 0.15) is 21.6 Å². The molecular weight excluding hydrogens is 538 g/mol. The number of aromatic nitrogens is 1. The Bertz CT molecular complexity index is 1500. The maximum absolute atomic E-state index is 13.5. The molecule has 0 radical (unpaired) electrons. The molecule has 0 atom stereocenters. The number of benzene rings is 2. The number of rotatable bonds is 6. The molecule has 0 saturated heterocycles. The summed E-state index contributed by atoms with van der Waals surface area (Å²) in [6.07, 6.45) is 1.55. The van der Waals surface area contributed by atoms with Gasteiger partial charge >= 0.3 is 0 Å². The molecule has 0 aliphatic heterocycles. The quantitative estimate of drug-likeness (QED) is 0.322. The van der Waals surface area contributed by atoms with Crippen LogP contribution in [0.2, 0.25) is 5.02 Å². The first-order valence-corrected chi connectivity index (χ1v) is 11.6. The normalized spacial score (nSPS) is 11.5. The molecule has 0 saturated carbocycles. The Morgan fingerprint density at radius 3 is 2.66 bits per heavy atom. The van der Waals surface area contributed by atoms with Crippen molar-refractivity contribution < 1.29 is 23.8 Å².